The zero-order chi connectivity index (χ0) is 19.3. The third-order valence-corrected chi connectivity index (χ3v) is 4.12. The van der Waals surface area contributed by atoms with Crippen LogP contribution in [0.15, 0.2) is 29.4 Å². The van der Waals surface area contributed by atoms with E-state index in [2.05, 4.69) is 15.4 Å². The molecule has 1 unspecified atom stereocenters. The van der Waals surface area contributed by atoms with Crippen molar-refractivity contribution in [3.05, 3.63) is 46.5 Å². The average molecular weight is 382 g/mol. The molecule has 140 valence electrons. The number of nitrogens with two attached hydrogens (primary N) is 1. The second kappa shape index (κ2) is 8.29. The Balaban J connectivity index is 0.000000254. The Morgan fingerprint density at radius 1 is 1.50 bits per heavy atom. The number of nitrogens with zero attached hydrogens (tertiary/aromatic N) is 3. The first-order valence-corrected chi connectivity index (χ1v) is 8.21. The summed E-state index contributed by atoms with van der Waals surface area (Å²) in [6.45, 7) is 4.11. The molecule has 3 N–H and O–H groups in total. The van der Waals surface area contributed by atoms with Gasteiger partial charge in [-0.1, -0.05) is 11.6 Å². The van der Waals surface area contributed by atoms with Crippen LogP contribution in [0.5, 0.6) is 0 Å². The smallest absolute Gasteiger partial charge is 0.211 e. The summed E-state index contributed by atoms with van der Waals surface area (Å²) in [6, 6.07) is 4.30. The standard InChI is InChI=1S/C12H14FN3O2.C5H7ClN2/c1-12(6-18-5-11(14)16-12)9-4-8(15-7-17)2-3-10(9)13;1-4-5(6)3-8(2)7-4/h2-4,7H,5-6H2,1H3,(H2,14,16)(H,15,17);3H,1-2H3. The van der Waals surface area contributed by atoms with E-state index in [1.54, 1.807) is 17.8 Å². The Kier molecular flexibility index (Phi) is 6.33. The molecule has 2 aromatic rings. The van der Waals surface area contributed by atoms with Crippen molar-refractivity contribution < 1.29 is 13.9 Å². The molecule has 9 heteroatoms. The highest BCUT2D eigenvalue weighted by molar-refractivity contribution is 6.31. The number of hydrogen-bond acceptors (Lipinski definition) is 5. The summed E-state index contributed by atoms with van der Waals surface area (Å²) in [4.78, 5) is 14.7. The number of nitrogens with one attached hydrogen (secondary N) is 1. The molecule has 0 fully saturated rings. The molecular weight excluding hydrogens is 361 g/mol. The van der Waals surface area contributed by atoms with E-state index in [1.807, 2.05) is 14.0 Å². The fourth-order valence-electron chi connectivity index (χ4n) is 2.54. The van der Waals surface area contributed by atoms with Crippen LogP contribution in [-0.2, 0) is 22.1 Å². The van der Waals surface area contributed by atoms with E-state index >= 15 is 0 Å². The molecule has 0 spiro atoms. The number of carbonyl (C=O) groups excluding carboxylic acids is 1. The topological polar surface area (TPSA) is 94.5 Å². The highest BCUT2D eigenvalue weighted by Crippen LogP contribution is 2.32. The maximum absolute atomic E-state index is 13.9. The van der Waals surface area contributed by atoms with Crippen molar-refractivity contribution in [2.45, 2.75) is 19.4 Å². The zero-order valence-electron chi connectivity index (χ0n) is 14.8. The summed E-state index contributed by atoms with van der Waals surface area (Å²) in [5.41, 5.74) is 6.49. The van der Waals surface area contributed by atoms with Gasteiger partial charge in [-0.3, -0.25) is 14.5 Å². The van der Waals surface area contributed by atoms with E-state index < -0.39 is 11.4 Å². The van der Waals surface area contributed by atoms with Crippen molar-refractivity contribution in [3.63, 3.8) is 0 Å². The van der Waals surface area contributed by atoms with E-state index in [0.717, 1.165) is 10.7 Å². The van der Waals surface area contributed by atoms with Gasteiger partial charge in [0.05, 0.1) is 17.3 Å². The van der Waals surface area contributed by atoms with Gasteiger partial charge < -0.3 is 15.8 Å². The van der Waals surface area contributed by atoms with E-state index in [0.29, 0.717) is 23.5 Å². The van der Waals surface area contributed by atoms with E-state index in [4.69, 9.17) is 22.1 Å². The first-order chi connectivity index (χ1) is 12.2. The third-order valence-electron chi connectivity index (χ3n) is 3.75. The highest BCUT2D eigenvalue weighted by Gasteiger charge is 2.32. The lowest BCUT2D eigenvalue weighted by Crippen LogP contribution is -2.38. The minimum absolute atomic E-state index is 0.245. The molecule has 0 saturated carbocycles. The molecule has 0 aliphatic carbocycles. The van der Waals surface area contributed by atoms with Gasteiger partial charge in [-0.2, -0.15) is 5.10 Å². The van der Waals surface area contributed by atoms with Gasteiger partial charge in [0.25, 0.3) is 0 Å². The van der Waals surface area contributed by atoms with Crippen LogP contribution < -0.4 is 11.1 Å². The second-order valence-electron chi connectivity index (χ2n) is 6.06. The quantitative estimate of drug-likeness (QED) is 0.798. The van der Waals surface area contributed by atoms with Gasteiger partial charge in [-0.15, -0.1) is 0 Å². The van der Waals surface area contributed by atoms with Crippen LogP contribution in [0.25, 0.3) is 0 Å². The Morgan fingerprint density at radius 3 is 2.73 bits per heavy atom. The molecule has 1 amide bonds. The van der Waals surface area contributed by atoms with E-state index in [-0.39, 0.29) is 13.2 Å². The molecule has 7 nitrogen and oxygen atoms in total. The highest BCUT2D eigenvalue weighted by atomic mass is 35.5. The Hall–Kier alpha value is -2.45. The minimum Gasteiger partial charge on any atom is -0.386 e. The third kappa shape index (κ3) is 4.80. The summed E-state index contributed by atoms with van der Waals surface area (Å²) in [5.74, 6) is -0.0760. The first-order valence-electron chi connectivity index (χ1n) is 7.83. The number of hydrogen-bond donors (Lipinski definition) is 2. The normalized spacial score (nSPS) is 19.2. The number of aliphatic imine (C=N–C) groups is 1. The van der Waals surface area contributed by atoms with Crippen molar-refractivity contribution >= 4 is 29.5 Å². The van der Waals surface area contributed by atoms with E-state index in [1.165, 1.54) is 18.2 Å². The van der Waals surface area contributed by atoms with Gasteiger partial charge in [0.15, 0.2) is 0 Å². The number of aromatic nitrogens is 2. The number of halogens is 2. The molecule has 1 aliphatic heterocycles. The van der Waals surface area contributed by atoms with Crippen LogP contribution in [0.3, 0.4) is 0 Å². The summed E-state index contributed by atoms with van der Waals surface area (Å²) in [5, 5.41) is 7.20. The van der Waals surface area contributed by atoms with Crippen molar-refractivity contribution in [1.82, 2.24) is 9.78 Å². The van der Waals surface area contributed by atoms with Crippen molar-refractivity contribution in [2.24, 2.45) is 17.8 Å². The number of amides is 1. The molecule has 3 rings (SSSR count). The summed E-state index contributed by atoms with van der Waals surface area (Å²) in [6.07, 6.45) is 2.31. The van der Waals surface area contributed by atoms with Gasteiger partial charge in [-0.25, -0.2) is 4.39 Å². The molecular formula is C17H21ClFN5O2. The van der Waals surface area contributed by atoms with Crippen molar-refractivity contribution in [1.29, 1.82) is 0 Å². The van der Waals surface area contributed by atoms with Crippen LogP contribution in [0.4, 0.5) is 10.1 Å². The largest absolute Gasteiger partial charge is 0.386 e. The lowest BCUT2D eigenvalue weighted by atomic mass is 9.92. The zero-order valence-corrected chi connectivity index (χ0v) is 15.5. The number of rotatable bonds is 3. The molecule has 0 bridgehead atoms. The lowest BCUT2D eigenvalue weighted by Gasteiger charge is -2.30. The predicted molar refractivity (Wildman–Crippen MR) is 98.8 cm³/mol. The molecule has 0 saturated heterocycles. The average Bonchev–Trinajstić information content (AvgIpc) is 2.85. The molecule has 1 atom stereocenters. The van der Waals surface area contributed by atoms with Crippen molar-refractivity contribution in [3.8, 4) is 0 Å². The number of aryl methyl sites for hydroxylation is 2. The molecule has 26 heavy (non-hydrogen) atoms. The number of amidine groups is 1. The van der Waals surface area contributed by atoms with Crippen LogP contribution in [0.2, 0.25) is 5.02 Å². The molecule has 1 aromatic carbocycles. The van der Waals surface area contributed by atoms with Gasteiger partial charge >= 0.3 is 0 Å². The van der Waals surface area contributed by atoms with Crippen LogP contribution in [0, 0.1) is 12.7 Å². The maximum atomic E-state index is 13.9. The number of benzene rings is 1. The fraction of sp³-hybridized carbons (Fsp3) is 0.353. The second-order valence-corrected chi connectivity index (χ2v) is 6.47. The number of anilines is 1. The van der Waals surface area contributed by atoms with Crippen molar-refractivity contribution in [2.75, 3.05) is 18.5 Å². The molecule has 1 aromatic heterocycles. The van der Waals surface area contributed by atoms with Crippen LogP contribution >= 0.6 is 11.6 Å². The number of ether oxygens (including phenoxy) is 1. The first kappa shape index (κ1) is 19.9. The minimum atomic E-state index is -0.868. The molecule has 1 aliphatic rings. The lowest BCUT2D eigenvalue weighted by molar-refractivity contribution is -0.105. The predicted octanol–water partition coefficient (Wildman–Crippen LogP) is 2.38. The summed E-state index contributed by atoms with van der Waals surface area (Å²) < 4.78 is 20.9. The van der Waals surface area contributed by atoms with Gasteiger partial charge in [0.2, 0.25) is 6.41 Å². The Morgan fingerprint density at radius 2 is 2.23 bits per heavy atom. The number of carbonyl (C=O) groups is 1. The van der Waals surface area contributed by atoms with Gasteiger partial charge in [-0.05, 0) is 32.0 Å². The van der Waals surface area contributed by atoms with Crippen LogP contribution in [-0.4, -0.2) is 35.2 Å². The summed E-state index contributed by atoms with van der Waals surface area (Å²) >= 11 is 5.65. The van der Waals surface area contributed by atoms with Gasteiger partial charge in [0.1, 0.15) is 23.8 Å². The van der Waals surface area contributed by atoms with Crippen LogP contribution in [0.1, 0.15) is 18.2 Å². The Bertz CT molecular complexity index is 804. The molecule has 2 heterocycles. The SMILES string of the molecule is CC1(c2cc(NC=O)ccc2F)COCC(N)=N1.Cc1nn(C)cc1Cl. The van der Waals surface area contributed by atoms with E-state index in [9.17, 15) is 9.18 Å². The Labute approximate surface area is 156 Å². The summed E-state index contributed by atoms with van der Waals surface area (Å²) in [7, 11) is 1.85. The fourth-order valence-corrected chi connectivity index (χ4v) is 2.72. The van der Waals surface area contributed by atoms with Gasteiger partial charge in [0, 0.05) is 24.5 Å². The molecule has 0 radical (unpaired) electrons. The monoisotopic (exact) mass is 381 g/mol. The maximum Gasteiger partial charge on any atom is 0.211 e.